The maximum atomic E-state index is 9.05. The van der Waals surface area contributed by atoms with Gasteiger partial charge in [0.25, 0.3) is 0 Å². The van der Waals surface area contributed by atoms with Crippen LogP contribution in [0, 0.1) is 11.8 Å². The molecule has 2 unspecified atom stereocenters. The average molecular weight is 158 g/mol. The van der Waals surface area contributed by atoms with Gasteiger partial charge in [0.1, 0.15) is 0 Å². The lowest BCUT2D eigenvalue weighted by Crippen LogP contribution is -2.30. The first-order valence-corrected chi connectivity index (χ1v) is 4.34. The fourth-order valence-electron chi connectivity index (χ4n) is 1.72. The highest BCUT2D eigenvalue weighted by Gasteiger charge is 2.23. The van der Waals surface area contributed by atoms with Gasteiger partial charge in [-0.15, -0.1) is 0 Å². The quantitative estimate of drug-likeness (QED) is 0.513. The van der Waals surface area contributed by atoms with Crippen molar-refractivity contribution >= 4 is 0 Å². The van der Waals surface area contributed by atoms with Gasteiger partial charge in [-0.2, -0.15) is 0 Å². The van der Waals surface area contributed by atoms with Crippen molar-refractivity contribution in [3.8, 4) is 0 Å². The average Bonchev–Trinajstić information content (AvgIpc) is 2.52. The number of nitrogens with one attached hydrogen (secondary N) is 2. The molecule has 3 nitrogen and oxygen atoms in total. The minimum atomic E-state index is 0.313. The second-order valence-electron chi connectivity index (χ2n) is 3.25. The van der Waals surface area contributed by atoms with Crippen LogP contribution in [0.1, 0.15) is 6.42 Å². The van der Waals surface area contributed by atoms with E-state index < -0.39 is 0 Å². The SMILES string of the molecule is CNCC(CO)C1CCNC1. The predicted octanol–water partition coefficient (Wildman–Crippen LogP) is -0.576. The van der Waals surface area contributed by atoms with Crippen LogP contribution in [0.15, 0.2) is 0 Å². The minimum absolute atomic E-state index is 0.313. The van der Waals surface area contributed by atoms with Crippen LogP contribution in [0.4, 0.5) is 0 Å². The highest BCUT2D eigenvalue weighted by Crippen LogP contribution is 2.17. The van der Waals surface area contributed by atoms with E-state index in [4.69, 9.17) is 5.11 Å². The van der Waals surface area contributed by atoms with E-state index in [9.17, 15) is 0 Å². The molecule has 0 amide bonds. The molecule has 1 aliphatic rings. The Morgan fingerprint density at radius 2 is 2.55 bits per heavy atom. The van der Waals surface area contributed by atoms with E-state index in [1.807, 2.05) is 7.05 Å². The van der Waals surface area contributed by atoms with Crippen molar-refractivity contribution in [2.75, 3.05) is 33.3 Å². The molecule has 1 fully saturated rings. The van der Waals surface area contributed by atoms with Crippen LogP contribution >= 0.6 is 0 Å². The number of aliphatic hydroxyl groups is 1. The van der Waals surface area contributed by atoms with E-state index in [2.05, 4.69) is 10.6 Å². The standard InChI is InChI=1S/C8H18N2O/c1-9-4-8(6-11)7-2-3-10-5-7/h7-11H,2-6H2,1H3. The molecule has 11 heavy (non-hydrogen) atoms. The second kappa shape index (κ2) is 4.70. The van der Waals surface area contributed by atoms with E-state index >= 15 is 0 Å². The Balaban J connectivity index is 2.27. The zero-order chi connectivity index (χ0) is 8.10. The van der Waals surface area contributed by atoms with Gasteiger partial charge in [0.15, 0.2) is 0 Å². The Morgan fingerprint density at radius 1 is 1.73 bits per heavy atom. The summed E-state index contributed by atoms with van der Waals surface area (Å²) >= 11 is 0. The largest absolute Gasteiger partial charge is 0.396 e. The van der Waals surface area contributed by atoms with Crippen LogP contribution in [0.25, 0.3) is 0 Å². The molecule has 1 saturated heterocycles. The Bertz CT molecular complexity index is 102. The normalized spacial score (nSPS) is 27.3. The molecule has 2 atom stereocenters. The van der Waals surface area contributed by atoms with Crippen LogP contribution < -0.4 is 10.6 Å². The summed E-state index contributed by atoms with van der Waals surface area (Å²) in [6.45, 7) is 3.44. The summed E-state index contributed by atoms with van der Waals surface area (Å²) in [5.41, 5.74) is 0. The number of hydrogen-bond donors (Lipinski definition) is 3. The third-order valence-electron chi connectivity index (χ3n) is 2.47. The molecule has 1 rings (SSSR count). The third kappa shape index (κ3) is 2.43. The highest BCUT2D eigenvalue weighted by atomic mass is 16.3. The molecule has 0 aromatic carbocycles. The van der Waals surface area contributed by atoms with Gasteiger partial charge in [-0.1, -0.05) is 0 Å². The van der Waals surface area contributed by atoms with Gasteiger partial charge >= 0.3 is 0 Å². The lowest BCUT2D eigenvalue weighted by molar-refractivity contribution is 0.181. The minimum Gasteiger partial charge on any atom is -0.396 e. The fraction of sp³-hybridized carbons (Fsp3) is 1.00. The first kappa shape index (κ1) is 8.97. The summed E-state index contributed by atoms with van der Waals surface area (Å²) in [6, 6.07) is 0. The second-order valence-corrected chi connectivity index (χ2v) is 3.25. The summed E-state index contributed by atoms with van der Waals surface area (Å²) in [4.78, 5) is 0. The van der Waals surface area contributed by atoms with Crippen LogP contribution in [0.2, 0.25) is 0 Å². The van der Waals surface area contributed by atoms with Gasteiger partial charge in [-0.05, 0) is 38.4 Å². The van der Waals surface area contributed by atoms with Crippen LogP contribution in [0.5, 0.6) is 0 Å². The Labute approximate surface area is 68.2 Å². The van der Waals surface area contributed by atoms with Crippen molar-refractivity contribution in [1.82, 2.24) is 10.6 Å². The molecule has 1 heterocycles. The first-order chi connectivity index (χ1) is 5.38. The maximum absolute atomic E-state index is 9.05. The zero-order valence-electron chi connectivity index (χ0n) is 7.14. The van der Waals surface area contributed by atoms with Crippen molar-refractivity contribution < 1.29 is 5.11 Å². The number of rotatable bonds is 4. The van der Waals surface area contributed by atoms with Crippen molar-refractivity contribution in [3.63, 3.8) is 0 Å². The van der Waals surface area contributed by atoms with Gasteiger partial charge in [-0.25, -0.2) is 0 Å². The van der Waals surface area contributed by atoms with E-state index in [1.54, 1.807) is 0 Å². The lowest BCUT2D eigenvalue weighted by Gasteiger charge is -2.19. The molecule has 0 aliphatic carbocycles. The van der Waals surface area contributed by atoms with Gasteiger partial charge < -0.3 is 15.7 Å². The molecule has 0 aromatic rings. The molecule has 3 N–H and O–H groups in total. The van der Waals surface area contributed by atoms with Crippen molar-refractivity contribution in [3.05, 3.63) is 0 Å². The molecule has 1 aliphatic heterocycles. The first-order valence-electron chi connectivity index (χ1n) is 4.34. The molecule has 0 aromatic heterocycles. The summed E-state index contributed by atoms with van der Waals surface area (Å²) < 4.78 is 0. The highest BCUT2D eigenvalue weighted by molar-refractivity contribution is 4.78. The topological polar surface area (TPSA) is 44.3 Å². The molecule has 0 spiro atoms. The Hall–Kier alpha value is -0.120. The van der Waals surface area contributed by atoms with Crippen LogP contribution in [0.3, 0.4) is 0 Å². The monoisotopic (exact) mass is 158 g/mol. The van der Waals surface area contributed by atoms with E-state index in [-0.39, 0.29) is 0 Å². The zero-order valence-corrected chi connectivity index (χ0v) is 7.14. The molecular formula is C8H18N2O. The molecule has 0 radical (unpaired) electrons. The Morgan fingerprint density at radius 3 is 3.00 bits per heavy atom. The van der Waals surface area contributed by atoms with Crippen molar-refractivity contribution in [2.24, 2.45) is 11.8 Å². The Kier molecular flexibility index (Phi) is 3.83. The van der Waals surface area contributed by atoms with Crippen molar-refractivity contribution in [1.29, 1.82) is 0 Å². The van der Waals surface area contributed by atoms with Gasteiger partial charge in [0, 0.05) is 13.2 Å². The van der Waals surface area contributed by atoms with Gasteiger partial charge in [0.05, 0.1) is 0 Å². The lowest BCUT2D eigenvalue weighted by atomic mass is 9.92. The smallest absolute Gasteiger partial charge is 0.0474 e. The van der Waals surface area contributed by atoms with E-state index in [1.165, 1.54) is 6.42 Å². The molecule has 3 heteroatoms. The van der Waals surface area contributed by atoms with Crippen LogP contribution in [-0.2, 0) is 0 Å². The molecule has 66 valence electrons. The predicted molar refractivity (Wildman–Crippen MR) is 45.5 cm³/mol. The van der Waals surface area contributed by atoms with Gasteiger partial charge in [-0.3, -0.25) is 0 Å². The number of hydrogen-bond acceptors (Lipinski definition) is 3. The summed E-state index contributed by atoms with van der Waals surface area (Å²) in [6.07, 6.45) is 1.22. The molecular weight excluding hydrogens is 140 g/mol. The maximum Gasteiger partial charge on any atom is 0.0474 e. The van der Waals surface area contributed by atoms with Crippen molar-refractivity contribution in [2.45, 2.75) is 6.42 Å². The van der Waals surface area contributed by atoms with E-state index in [0.717, 1.165) is 19.6 Å². The summed E-state index contributed by atoms with van der Waals surface area (Å²) in [5, 5.41) is 15.5. The molecule has 0 saturated carbocycles. The third-order valence-corrected chi connectivity index (χ3v) is 2.47. The molecule has 0 bridgehead atoms. The summed E-state index contributed by atoms with van der Waals surface area (Å²) in [5.74, 6) is 1.11. The van der Waals surface area contributed by atoms with Crippen LogP contribution in [-0.4, -0.2) is 38.4 Å². The number of aliphatic hydroxyl groups excluding tert-OH is 1. The van der Waals surface area contributed by atoms with E-state index in [0.29, 0.717) is 18.4 Å². The fourth-order valence-corrected chi connectivity index (χ4v) is 1.72. The van der Waals surface area contributed by atoms with Gasteiger partial charge in [0.2, 0.25) is 0 Å². The summed E-state index contributed by atoms with van der Waals surface area (Å²) in [7, 11) is 1.94.